The van der Waals surface area contributed by atoms with Crippen molar-refractivity contribution in [1.29, 1.82) is 0 Å². The second kappa shape index (κ2) is 8.55. The molecule has 0 spiro atoms. The van der Waals surface area contributed by atoms with Crippen LogP contribution in [0.4, 0.5) is 4.39 Å². The van der Waals surface area contributed by atoms with Gasteiger partial charge in [0.15, 0.2) is 11.5 Å². The fraction of sp³-hybridized carbons (Fsp3) is 0.250. The van der Waals surface area contributed by atoms with Crippen molar-refractivity contribution < 1.29 is 13.7 Å². The molecule has 27 heavy (non-hydrogen) atoms. The van der Waals surface area contributed by atoms with Gasteiger partial charge in [0.1, 0.15) is 5.82 Å². The average molecular weight is 368 g/mol. The van der Waals surface area contributed by atoms with Gasteiger partial charge in [0.2, 0.25) is 0 Å². The predicted molar refractivity (Wildman–Crippen MR) is 99.4 cm³/mol. The van der Waals surface area contributed by atoms with Crippen LogP contribution in [0.3, 0.4) is 0 Å². The van der Waals surface area contributed by atoms with Crippen molar-refractivity contribution in [2.45, 2.75) is 6.54 Å². The van der Waals surface area contributed by atoms with Crippen LogP contribution in [-0.2, 0) is 6.54 Å². The number of carbonyl (C=O) groups is 1. The van der Waals surface area contributed by atoms with Crippen molar-refractivity contribution in [3.8, 4) is 11.3 Å². The second-order valence-electron chi connectivity index (χ2n) is 6.44. The number of likely N-dealkylation sites (N-methyl/N-ethyl adjacent to an activating group) is 1. The summed E-state index contributed by atoms with van der Waals surface area (Å²) in [5.41, 5.74) is 1.38. The smallest absolute Gasteiger partial charge is 0.276 e. The van der Waals surface area contributed by atoms with E-state index in [-0.39, 0.29) is 24.0 Å². The molecule has 6 nitrogen and oxygen atoms in total. The molecule has 0 atom stereocenters. The number of pyridine rings is 1. The summed E-state index contributed by atoms with van der Waals surface area (Å²) in [6, 6.07) is 11.6. The third-order valence-corrected chi connectivity index (χ3v) is 4.10. The first-order valence-corrected chi connectivity index (χ1v) is 8.59. The lowest BCUT2D eigenvalue weighted by molar-refractivity contribution is 0.0720. The van der Waals surface area contributed by atoms with Gasteiger partial charge in [0, 0.05) is 49.2 Å². The Labute approximate surface area is 157 Å². The highest BCUT2D eigenvalue weighted by Gasteiger charge is 2.22. The third-order valence-electron chi connectivity index (χ3n) is 4.10. The van der Waals surface area contributed by atoms with E-state index < -0.39 is 0 Å². The van der Waals surface area contributed by atoms with Gasteiger partial charge in [-0.15, -0.1) is 0 Å². The molecule has 0 unspecified atom stereocenters. The molecule has 0 fully saturated rings. The number of carbonyl (C=O) groups excluding carboxylic acids is 1. The lowest BCUT2D eigenvalue weighted by atomic mass is 10.1. The summed E-state index contributed by atoms with van der Waals surface area (Å²) in [6.45, 7) is 1.25. The first-order valence-electron chi connectivity index (χ1n) is 8.59. The van der Waals surface area contributed by atoms with Crippen LogP contribution in [-0.4, -0.2) is 53.0 Å². The Morgan fingerprint density at radius 3 is 2.67 bits per heavy atom. The van der Waals surface area contributed by atoms with Crippen LogP contribution < -0.4 is 0 Å². The number of hydrogen-bond donors (Lipinski definition) is 0. The second-order valence-corrected chi connectivity index (χ2v) is 6.44. The molecular formula is C20H21FN4O2. The molecule has 0 N–H and O–H groups in total. The Morgan fingerprint density at radius 1 is 1.15 bits per heavy atom. The zero-order valence-corrected chi connectivity index (χ0v) is 15.3. The van der Waals surface area contributed by atoms with Gasteiger partial charge in [-0.2, -0.15) is 0 Å². The molecule has 2 aromatic heterocycles. The molecule has 0 aliphatic rings. The molecule has 3 rings (SSSR count). The van der Waals surface area contributed by atoms with Crippen molar-refractivity contribution >= 4 is 5.91 Å². The molecule has 0 bridgehead atoms. The lowest BCUT2D eigenvalue weighted by Gasteiger charge is -2.23. The van der Waals surface area contributed by atoms with Gasteiger partial charge < -0.3 is 14.3 Å². The fourth-order valence-corrected chi connectivity index (χ4v) is 2.59. The summed E-state index contributed by atoms with van der Waals surface area (Å²) in [6.07, 6.45) is 3.29. The van der Waals surface area contributed by atoms with Crippen molar-refractivity contribution in [2.24, 2.45) is 0 Å². The topological polar surface area (TPSA) is 62.5 Å². The summed E-state index contributed by atoms with van der Waals surface area (Å²) in [4.78, 5) is 20.5. The number of benzene rings is 1. The zero-order chi connectivity index (χ0) is 19.2. The lowest BCUT2D eigenvalue weighted by Crippen LogP contribution is -2.36. The summed E-state index contributed by atoms with van der Waals surface area (Å²) in [5.74, 6) is -0.180. The van der Waals surface area contributed by atoms with E-state index in [2.05, 4.69) is 10.1 Å². The Hall–Kier alpha value is -3.06. The van der Waals surface area contributed by atoms with Crippen LogP contribution in [0.1, 0.15) is 16.1 Å². The van der Waals surface area contributed by atoms with E-state index in [0.717, 1.165) is 5.56 Å². The number of nitrogens with zero attached hydrogens (tertiary/aromatic N) is 4. The Balaban J connectivity index is 1.82. The van der Waals surface area contributed by atoms with Crippen molar-refractivity contribution in [1.82, 2.24) is 19.9 Å². The summed E-state index contributed by atoms with van der Waals surface area (Å²) in [7, 11) is 3.84. The number of amides is 1. The molecule has 3 aromatic rings. The molecule has 1 aromatic carbocycles. The normalized spacial score (nSPS) is 11.0. The highest BCUT2D eigenvalue weighted by molar-refractivity contribution is 5.93. The van der Waals surface area contributed by atoms with E-state index in [1.807, 2.05) is 25.1 Å². The van der Waals surface area contributed by atoms with Gasteiger partial charge in [-0.05, 0) is 32.3 Å². The van der Waals surface area contributed by atoms with E-state index in [1.54, 1.807) is 47.6 Å². The average Bonchev–Trinajstić information content (AvgIpc) is 3.17. The van der Waals surface area contributed by atoms with Crippen molar-refractivity contribution in [2.75, 3.05) is 27.2 Å². The summed E-state index contributed by atoms with van der Waals surface area (Å²) in [5, 5.41) is 3.90. The molecule has 2 heterocycles. The van der Waals surface area contributed by atoms with Crippen LogP contribution in [0, 0.1) is 5.82 Å². The molecule has 0 radical (unpaired) electrons. The van der Waals surface area contributed by atoms with Gasteiger partial charge in [-0.25, -0.2) is 4.39 Å². The number of aromatic nitrogens is 2. The summed E-state index contributed by atoms with van der Waals surface area (Å²) < 4.78 is 19.4. The van der Waals surface area contributed by atoms with Crippen molar-refractivity contribution in [3.05, 3.63) is 71.9 Å². The van der Waals surface area contributed by atoms with E-state index in [4.69, 9.17) is 4.52 Å². The van der Waals surface area contributed by atoms with Gasteiger partial charge in [-0.1, -0.05) is 23.4 Å². The SMILES string of the molecule is CN(C)CCN(Cc1ccccc1F)C(=O)c1cc(-c2cccnc2)on1. The molecule has 1 amide bonds. The highest BCUT2D eigenvalue weighted by atomic mass is 19.1. The molecule has 0 saturated carbocycles. The largest absolute Gasteiger partial charge is 0.355 e. The quantitative estimate of drug-likeness (QED) is 0.641. The monoisotopic (exact) mass is 368 g/mol. The Morgan fingerprint density at radius 2 is 1.96 bits per heavy atom. The Bertz CT molecular complexity index is 896. The van der Waals surface area contributed by atoms with Crippen LogP contribution in [0.25, 0.3) is 11.3 Å². The molecule has 0 saturated heterocycles. The van der Waals surface area contributed by atoms with Gasteiger partial charge in [-0.3, -0.25) is 9.78 Å². The highest BCUT2D eigenvalue weighted by Crippen LogP contribution is 2.20. The molecular weight excluding hydrogens is 347 g/mol. The van der Waals surface area contributed by atoms with Gasteiger partial charge in [0.05, 0.1) is 0 Å². The minimum Gasteiger partial charge on any atom is -0.355 e. The maximum atomic E-state index is 14.1. The van der Waals surface area contributed by atoms with Crippen molar-refractivity contribution in [3.63, 3.8) is 0 Å². The van der Waals surface area contributed by atoms with Gasteiger partial charge in [0.25, 0.3) is 5.91 Å². The fourth-order valence-electron chi connectivity index (χ4n) is 2.59. The van der Waals surface area contributed by atoms with E-state index >= 15 is 0 Å². The standard InChI is InChI=1S/C20H21FN4O2/c1-24(2)10-11-25(14-16-6-3-4-8-17(16)21)20(26)18-12-19(27-23-18)15-7-5-9-22-13-15/h3-9,12-13H,10-11,14H2,1-2H3. The van der Waals surface area contributed by atoms with E-state index in [0.29, 0.717) is 24.4 Å². The summed E-state index contributed by atoms with van der Waals surface area (Å²) >= 11 is 0. The van der Waals surface area contributed by atoms with Gasteiger partial charge >= 0.3 is 0 Å². The minimum absolute atomic E-state index is 0.161. The van der Waals surface area contributed by atoms with Crippen LogP contribution in [0.2, 0.25) is 0 Å². The van der Waals surface area contributed by atoms with E-state index in [1.165, 1.54) is 6.07 Å². The number of hydrogen-bond acceptors (Lipinski definition) is 5. The number of rotatable bonds is 7. The first-order chi connectivity index (χ1) is 13.0. The van der Waals surface area contributed by atoms with Crippen LogP contribution >= 0.6 is 0 Å². The van der Waals surface area contributed by atoms with Crippen LogP contribution in [0.5, 0.6) is 0 Å². The minimum atomic E-state index is -0.337. The molecule has 140 valence electrons. The molecule has 7 heteroatoms. The zero-order valence-electron chi connectivity index (χ0n) is 15.3. The third kappa shape index (κ3) is 4.77. The maximum Gasteiger partial charge on any atom is 0.276 e. The molecule has 0 aliphatic heterocycles. The Kier molecular flexibility index (Phi) is 5.93. The maximum absolute atomic E-state index is 14.1. The van der Waals surface area contributed by atoms with Crippen LogP contribution in [0.15, 0.2) is 59.4 Å². The first kappa shape index (κ1) is 18.7. The predicted octanol–water partition coefficient (Wildman–Crippen LogP) is 3.08. The molecule has 0 aliphatic carbocycles. The number of halogens is 1. The van der Waals surface area contributed by atoms with E-state index in [9.17, 15) is 9.18 Å².